The van der Waals surface area contributed by atoms with Gasteiger partial charge in [0.1, 0.15) is 11.5 Å². The van der Waals surface area contributed by atoms with Crippen LogP contribution < -0.4 is 14.9 Å². The molecule has 0 bridgehead atoms. The van der Waals surface area contributed by atoms with Gasteiger partial charge in [0.25, 0.3) is 5.91 Å². The third-order valence-electron chi connectivity index (χ3n) is 3.10. The first-order valence-electron chi connectivity index (χ1n) is 7.50. The minimum Gasteiger partial charge on any atom is -0.497 e. The highest BCUT2D eigenvalue weighted by atomic mass is 16.5. The molecule has 0 aliphatic carbocycles. The summed E-state index contributed by atoms with van der Waals surface area (Å²) in [6.07, 6.45) is 3.76. The fourth-order valence-electron chi connectivity index (χ4n) is 1.82. The second-order valence-corrected chi connectivity index (χ2v) is 5.00. The number of amides is 1. The molecule has 2 aromatic carbocycles. The fourth-order valence-corrected chi connectivity index (χ4v) is 1.82. The molecule has 0 unspecified atom stereocenters. The second kappa shape index (κ2) is 9.15. The van der Waals surface area contributed by atoms with Crippen LogP contribution in [0.2, 0.25) is 0 Å². The van der Waals surface area contributed by atoms with Crippen LogP contribution in [0.3, 0.4) is 0 Å². The molecule has 1 amide bonds. The molecule has 0 saturated heterocycles. The number of methoxy groups -OCH3 is 1. The largest absolute Gasteiger partial charge is 0.497 e. The van der Waals surface area contributed by atoms with Crippen LogP contribution in [0.4, 0.5) is 0 Å². The Morgan fingerprint density at radius 2 is 1.75 bits per heavy atom. The zero-order valence-electron chi connectivity index (χ0n) is 13.7. The van der Waals surface area contributed by atoms with E-state index in [0.29, 0.717) is 11.5 Å². The number of carbonyl (C=O) groups excluding carboxylic acids is 1. The minimum atomic E-state index is -0.321. The molecule has 5 nitrogen and oxygen atoms in total. The van der Waals surface area contributed by atoms with Crippen molar-refractivity contribution in [3.05, 3.63) is 66.2 Å². The molecule has 0 heterocycles. The molecule has 0 atom stereocenters. The van der Waals surface area contributed by atoms with Crippen molar-refractivity contribution in [2.45, 2.75) is 6.92 Å². The first-order valence-corrected chi connectivity index (χ1v) is 7.50. The normalized spacial score (nSPS) is 11.3. The first-order chi connectivity index (χ1) is 11.7. The maximum Gasteiger partial charge on any atom is 0.277 e. The van der Waals surface area contributed by atoms with Crippen molar-refractivity contribution in [1.29, 1.82) is 0 Å². The van der Waals surface area contributed by atoms with Gasteiger partial charge in [0.05, 0.1) is 12.8 Å². The summed E-state index contributed by atoms with van der Waals surface area (Å²) in [4.78, 5) is 11.7. The van der Waals surface area contributed by atoms with E-state index in [9.17, 15) is 4.79 Å². The minimum absolute atomic E-state index is 0.106. The maximum absolute atomic E-state index is 11.7. The third-order valence-corrected chi connectivity index (χ3v) is 3.10. The standard InChI is InChI=1S/C19H20N2O3/c1-15(8-9-16-6-4-3-5-7-16)20-21-19(22)14-24-18-12-10-17(23-2)11-13-18/h3-13H,14H2,1-2H3,(H,21,22)/b9-8+,20-15+. The van der Waals surface area contributed by atoms with Crippen molar-refractivity contribution in [3.8, 4) is 11.5 Å². The number of hydrogen-bond donors (Lipinski definition) is 1. The number of allylic oxidation sites excluding steroid dienone is 1. The van der Waals surface area contributed by atoms with Gasteiger partial charge < -0.3 is 9.47 Å². The van der Waals surface area contributed by atoms with E-state index in [2.05, 4.69) is 10.5 Å². The van der Waals surface area contributed by atoms with Crippen molar-refractivity contribution < 1.29 is 14.3 Å². The first kappa shape index (κ1) is 17.3. The molecule has 0 aliphatic heterocycles. The van der Waals surface area contributed by atoms with Crippen LogP contribution in [-0.2, 0) is 4.79 Å². The molecule has 5 heteroatoms. The van der Waals surface area contributed by atoms with E-state index in [1.807, 2.05) is 49.4 Å². The van der Waals surface area contributed by atoms with E-state index in [4.69, 9.17) is 9.47 Å². The van der Waals surface area contributed by atoms with Gasteiger partial charge in [-0.05, 0) is 42.8 Å². The van der Waals surface area contributed by atoms with Crippen LogP contribution in [-0.4, -0.2) is 25.3 Å². The summed E-state index contributed by atoms with van der Waals surface area (Å²) in [5, 5.41) is 4.01. The Balaban J connectivity index is 1.77. The van der Waals surface area contributed by atoms with E-state index in [1.165, 1.54) is 0 Å². The van der Waals surface area contributed by atoms with Crippen molar-refractivity contribution in [1.82, 2.24) is 5.43 Å². The fraction of sp³-hybridized carbons (Fsp3) is 0.158. The molecular weight excluding hydrogens is 304 g/mol. The Morgan fingerprint density at radius 3 is 2.42 bits per heavy atom. The molecule has 0 aliphatic rings. The lowest BCUT2D eigenvalue weighted by Gasteiger charge is -2.06. The number of hydrogen-bond acceptors (Lipinski definition) is 4. The smallest absolute Gasteiger partial charge is 0.277 e. The lowest BCUT2D eigenvalue weighted by Crippen LogP contribution is -2.25. The van der Waals surface area contributed by atoms with Crippen LogP contribution in [0, 0.1) is 0 Å². The van der Waals surface area contributed by atoms with Gasteiger partial charge in [0.15, 0.2) is 6.61 Å². The number of nitrogens with one attached hydrogen (secondary N) is 1. The predicted octanol–water partition coefficient (Wildman–Crippen LogP) is 3.28. The number of benzene rings is 2. The summed E-state index contributed by atoms with van der Waals surface area (Å²) in [6, 6.07) is 16.9. The van der Waals surface area contributed by atoms with Gasteiger partial charge in [-0.3, -0.25) is 4.79 Å². The zero-order chi connectivity index (χ0) is 17.2. The Morgan fingerprint density at radius 1 is 1.08 bits per heavy atom. The molecule has 1 N–H and O–H groups in total. The van der Waals surface area contributed by atoms with Gasteiger partial charge in [0, 0.05) is 0 Å². The second-order valence-electron chi connectivity index (χ2n) is 5.00. The van der Waals surface area contributed by atoms with Crippen LogP contribution in [0.5, 0.6) is 11.5 Å². The van der Waals surface area contributed by atoms with Crippen LogP contribution >= 0.6 is 0 Å². The summed E-state index contributed by atoms with van der Waals surface area (Å²) in [6.45, 7) is 1.70. The van der Waals surface area contributed by atoms with Crippen LogP contribution in [0.15, 0.2) is 65.8 Å². The van der Waals surface area contributed by atoms with E-state index >= 15 is 0 Å². The number of hydrazone groups is 1. The number of nitrogens with zero attached hydrogens (tertiary/aromatic N) is 1. The Labute approximate surface area is 141 Å². The van der Waals surface area contributed by atoms with E-state index in [0.717, 1.165) is 11.3 Å². The third kappa shape index (κ3) is 5.96. The van der Waals surface area contributed by atoms with E-state index in [1.54, 1.807) is 31.4 Å². The maximum atomic E-state index is 11.7. The summed E-state index contributed by atoms with van der Waals surface area (Å²) in [5.41, 5.74) is 4.22. The van der Waals surface area contributed by atoms with Crippen LogP contribution in [0.1, 0.15) is 12.5 Å². The highest BCUT2D eigenvalue weighted by Gasteiger charge is 2.02. The highest BCUT2D eigenvalue weighted by Crippen LogP contribution is 2.16. The average molecular weight is 324 g/mol. The topological polar surface area (TPSA) is 59.9 Å². The Bertz CT molecular complexity index is 707. The van der Waals surface area contributed by atoms with Gasteiger partial charge in [-0.1, -0.05) is 36.4 Å². The molecule has 2 rings (SSSR count). The molecular formula is C19H20N2O3. The summed E-state index contributed by atoms with van der Waals surface area (Å²) < 4.78 is 10.4. The molecule has 0 fully saturated rings. The van der Waals surface area contributed by atoms with Crippen molar-refractivity contribution in [2.24, 2.45) is 5.10 Å². The van der Waals surface area contributed by atoms with Gasteiger partial charge in [-0.25, -0.2) is 5.43 Å². The predicted molar refractivity (Wildman–Crippen MR) is 95.2 cm³/mol. The number of ether oxygens (including phenoxy) is 2. The molecule has 0 saturated carbocycles. The molecule has 24 heavy (non-hydrogen) atoms. The molecule has 0 aromatic heterocycles. The average Bonchev–Trinajstić information content (AvgIpc) is 2.64. The SMILES string of the molecule is COc1ccc(OCC(=O)N/N=C(C)/C=C/c2ccccc2)cc1. The zero-order valence-corrected chi connectivity index (χ0v) is 13.7. The number of carbonyl (C=O) groups is 1. The summed E-state index contributed by atoms with van der Waals surface area (Å²) in [5.74, 6) is 1.01. The Kier molecular flexibility index (Phi) is 6.58. The van der Waals surface area contributed by atoms with Gasteiger partial charge >= 0.3 is 0 Å². The van der Waals surface area contributed by atoms with Gasteiger partial charge in [-0.15, -0.1) is 0 Å². The lowest BCUT2D eigenvalue weighted by atomic mass is 10.2. The highest BCUT2D eigenvalue weighted by molar-refractivity contribution is 5.97. The van der Waals surface area contributed by atoms with Crippen LogP contribution in [0.25, 0.3) is 6.08 Å². The molecule has 0 spiro atoms. The number of rotatable bonds is 7. The summed E-state index contributed by atoms with van der Waals surface area (Å²) >= 11 is 0. The quantitative estimate of drug-likeness (QED) is 0.628. The lowest BCUT2D eigenvalue weighted by molar-refractivity contribution is -0.123. The van der Waals surface area contributed by atoms with Crippen molar-refractivity contribution >= 4 is 17.7 Å². The molecule has 0 radical (unpaired) electrons. The van der Waals surface area contributed by atoms with Crippen molar-refractivity contribution in [3.63, 3.8) is 0 Å². The molecule has 2 aromatic rings. The van der Waals surface area contributed by atoms with E-state index < -0.39 is 0 Å². The monoisotopic (exact) mass is 324 g/mol. The van der Waals surface area contributed by atoms with Gasteiger partial charge in [0.2, 0.25) is 0 Å². The molecule has 124 valence electrons. The Hall–Kier alpha value is -3.08. The van der Waals surface area contributed by atoms with E-state index in [-0.39, 0.29) is 12.5 Å². The van der Waals surface area contributed by atoms with Crippen molar-refractivity contribution in [2.75, 3.05) is 13.7 Å². The van der Waals surface area contributed by atoms with Gasteiger partial charge in [-0.2, -0.15) is 5.10 Å². The summed E-state index contributed by atoms with van der Waals surface area (Å²) in [7, 11) is 1.59.